The van der Waals surface area contributed by atoms with Crippen LogP contribution in [-0.4, -0.2) is 29.2 Å². The fraction of sp³-hybridized carbons (Fsp3) is 0.235. The summed E-state index contributed by atoms with van der Waals surface area (Å²) >= 11 is 0. The first-order valence-corrected chi connectivity index (χ1v) is 7.04. The molecule has 116 valence electrons. The van der Waals surface area contributed by atoms with Gasteiger partial charge >= 0.3 is 0 Å². The topological polar surface area (TPSA) is 76.0 Å². The van der Waals surface area contributed by atoms with Crippen LogP contribution >= 0.6 is 0 Å². The van der Waals surface area contributed by atoms with E-state index in [9.17, 15) is 15.0 Å². The monoisotopic (exact) mass is 302 g/mol. The van der Waals surface area contributed by atoms with E-state index in [1.54, 1.807) is 38.1 Å². The molecule has 2 aromatic carbocycles. The molecule has 0 heterocycles. The molecule has 0 unspecified atom stereocenters. The molecule has 0 amide bonds. The van der Waals surface area contributed by atoms with E-state index < -0.39 is 5.78 Å². The van der Waals surface area contributed by atoms with Gasteiger partial charge in [-0.15, -0.1) is 0 Å². The molecule has 0 radical (unpaired) electrons. The Hall–Kier alpha value is -2.69. The van der Waals surface area contributed by atoms with Crippen molar-refractivity contribution in [2.75, 3.05) is 13.2 Å². The number of hydrogen-bond donors (Lipinski definition) is 2. The number of carbonyl (C=O) groups excluding carboxylic acids is 1. The van der Waals surface area contributed by atoms with Crippen molar-refractivity contribution >= 4 is 5.78 Å². The Labute approximate surface area is 128 Å². The molecule has 5 nitrogen and oxygen atoms in total. The number of phenolic OH excluding ortho intramolecular Hbond substituents is 2. The predicted molar refractivity (Wildman–Crippen MR) is 82.0 cm³/mol. The first-order valence-electron chi connectivity index (χ1n) is 7.04. The highest BCUT2D eigenvalue weighted by atomic mass is 16.5. The quantitative estimate of drug-likeness (QED) is 0.802. The van der Waals surface area contributed by atoms with Crippen LogP contribution in [0.25, 0.3) is 0 Å². The van der Waals surface area contributed by atoms with Gasteiger partial charge in [-0.05, 0) is 38.1 Å². The lowest BCUT2D eigenvalue weighted by molar-refractivity contribution is 0.103. The number of aromatic hydroxyl groups is 2. The van der Waals surface area contributed by atoms with Crippen LogP contribution in [0.2, 0.25) is 0 Å². The summed E-state index contributed by atoms with van der Waals surface area (Å²) in [6.07, 6.45) is 0. The summed E-state index contributed by atoms with van der Waals surface area (Å²) in [4.78, 5) is 12.6. The second kappa shape index (κ2) is 6.85. The average Bonchev–Trinajstić information content (AvgIpc) is 2.51. The van der Waals surface area contributed by atoms with Crippen molar-refractivity contribution < 1.29 is 24.5 Å². The van der Waals surface area contributed by atoms with Crippen LogP contribution in [0.3, 0.4) is 0 Å². The molecule has 2 rings (SSSR count). The number of para-hydroxylation sites is 2. The Morgan fingerprint density at radius 2 is 1.27 bits per heavy atom. The molecule has 0 saturated heterocycles. The highest BCUT2D eigenvalue weighted by molar-refractivity contribution is 6.13. The maximum atomic E-state index is 12.6. The summed E-state index contributed by atoms with van der Waals surface area (Å²) in [7, 11) is 0. The maximum absolute atomic E-state index is 12.6. The summed E-state index contributed by atoms with van der Waals surface area (Å²) in [6.45, 7) is 4.31. The van der Waals surface area contributed by atoms with Crippen molar-refractivity contribution in [2.45, 2.75) is 13.8 Å². The van der Waals surface area contributed by atoms with Gasteiger partial charge in [-0.1, -0.05) is 12.1 Å². The Morgan fingerprint density at radius 1 is 0.864 bits per heavy atom. The highest BCUT2D eigenvalue weighted by Crippen LogP contribution is 2.35. The molecule has 0 aliphatic rings. The summed E-state index contributed by atoms with van der Waals surface area (Å²) in [5, 5.41) is 20.3. The number of hydrogen-bond acceptors (Lipinski definition) is 5. The molecule has 0 atom stereocenters. The molecule has 0 spiro atoms. The molecule has 0 aromatic heterocycles. The SMILES string of the molecule is CCOc1cccc(C(=O)c2cccc(OCC)c2O)c1O. The maximum Gasteiger partial charge on any atom is 0.200 e. The zero-order valence-corrected chi connectivity index (χ0v) is 12.5. The minimum atomic E-state index is -0.502. The smallest absolute Gasteiger partial charge is 0.200 e. The van der Waals surface area contributed by atoms with Crippen LogP contribution in [0.1, 0.15) is 29.8 Å². The second-order valence-electron chi connectivity index (χ2n) is 4.50. The number of carbonyl (C=O) groups is 1. The summed E-state index contributed by atoms with van der Waals surface area (Å²) in [6, 6.07) is 9.33. The van der Waals surface area contributed by atoms with Crippen molar-refractivity contribution in [3.05, 3.63) is 47.5 Å². The average molecular weight is 302 g/mol. The van der Waals surface area contributed by atoms with E-state index in [4.69, 9.17) is 9.47 Å². The van der Waals surface area contributed by atoms with Gasteiger partial charge in [0, 0.05) is 0 Å². The molecule has 0 bridgehead atoms. The van der Waals surface area contributed by atoms with E-state index in [2.05, 4.69) is 0 Å². The first-order chi connectivity index (χ1) is 10.6. The van der Waals surface area contributed by atoms with E-state index in [0.717, 1.165) is 0 Å². The van der Waals surface area contributed by atoms with Gasteiger partial charge in [-0.3, -0.25) is 4.79 Å². The lowest BCUT2D eigenvalue weighted by Crippen LogP contribution is -2.04. The molecule has 5 heteroatoms. The third-order valence-corrected chi connectivity index (χ3v) is 3.09. The molecule has 0 aliphatic carbocycles. The summed E-state index contributed by atoms with van der Waals surface area (Å²) < 4.78 is 10.5. The van der Waals surface area contributed by atoms with Gasteiger partial charge in [0.05, 0.1) is 24.3 Å². The number of ketones is 1. The summed E-state index contributed by atoms with van der Waals surface area (Å²) in [5.41, 5.74) is 0.129. The predicted octanol–water partition coefficient (Wildman–Crippen LogP) is 3.13. The largest absolute Gasteiger partial charge is 0.504 e. The minimum absolute atomic E-state index is 0.0647. The van der Waals surface area contributed by atoms with Gasteiger partial charge in [0.15, 0.2) is 23.0 Å². The molecular formula is C17H18O5. The van der Waals surface area contributed by atoms with Crippen LogP contribution < -0.4 is 9.47 Å². The van der Waals surface area contributed by atoms with Crippen molar-refractivity contribution in [3.63, 3.8) is 0 Å². The van der Waals surface area contributed by atoms with Crippen LogP contribution in [0.5, 0.6) is 23.0 Å². The minimum Gasteiger partial charge on any atom is -0.504 e. The van der Waals surface area contributed by atoms with Crippen LogP contribution in [0, 0.1) is 0 Å². The van der Waals surface area contributed by atoms with Crippen LogP contribution in [-0.2, 0) is 0 Å². The van der Waals surface area contributed by atoms with E-state index >= 15 is 0 Å². The molecule has 2 aromatic rings. The van der Waals surface area contributed by atoms with Crippen molar-refractivity contribution in [1.29, 1.82) is 0 Å². The zero-order valence-electron chi connectivity index (χ0n) is 12.5. The fourth-order valence-electron chi connectivity index (χ4n) is 2.10. The van der Waals surface area contributed by atoms with Gasteiger partial charge < -0.3 is 19.7 Å². The lowest BCUT2D eigenvalue weighted by atomic mass is 10.0. The van der Waals surface area contributed by atoms with E-state index in [1.807, 2.05) is 0 Å². The number of benzene rings is 2. The molecule has 22 heavy (non-hydrogen) atoms. The molecule has 2 N–H and O–H groups in total. The van der Waals surface area contributed by atoms with Crippen LogP contribution in [0.4, 0.5) is 0 Å². The van der Waals surface area contributed by atoms with E-state index in [1.165, 1.54) is 12.1 Å². The van der Waals surface area contributed by atoms with Gasteiger partial charge in [-0.25, -0.2) is 0 Å². The lowest BCUT2D eigenvalue weighted by Gasteiger charge is -2.12. The van der Waals surface area contributed by atoms with Gasteiger partial charge in [0.1, 0.15) is 0 Å². The fourth-order valence-corrected chi connectivity index (χ4v) is 2.10. The van der Waals surface area contributed by atoms with E-state index in [0.29, 0.717) is 13.2 Å². The van der Waals surface area contributed by atoms with E-state index in [-0.39, 0.29) is 34.1 Å². The third kappa shape index (κ3) is 2.98. The normalized spacial score (nSPS) is 10.3. The highest BCUT2D eigenvalue weighted by Gasteiger charge is 2.21. The standard InChI is InChI=1S/C17H18O5/c1-3-21-13-9-5-7-11(16(13)19)15(18)12-8-6-10-14(17(12)20)22-4-2/h5-10,19-20H,3-4H2,1-2H3. The number of rotatable bonds is 6. The molecule has 0 saturated carbocycles. The van der Waals surface area contributed by atoms with Crippen molar-refractivity contribution in [2.24, 2.45) is 0 Å². The van der Waals surface area contributed by atoms with Gasteiger partial charge in [-0.2, -0.15) is 0 Å². The zero-order chi connectivity index (χ0) is 16.1. The number of ether oxygens (including phenoxy) is 2. The van der Waals surface area contributed by atoms with Crippen molar-refractivity contribution in [1.82, 2.24) is 0 Å². The van der Waals surface area contributed by atoms with Gasteiger partial charge in [0.2, 0.25) is 5.78 Å². The third-order valence-electron chi connectivity index (χ3n) is 3.09. The second-order valence-corrected chi connectivity index (χ2v) is 4.50. The Bertz CT molecular complexity index is 621. The molecule has 0 fully saturated rings. The summed E-state index contributed by atoms with van der Waals surface area (Å²) in [5.74, 6) is -0.521. The first kappa shape index (κ1) is 15.7. The van der Waals surface area contributed by atoms with Crippen LogP contribution in [0.15, 0.2) is 36.4 Å². The Balaban J connectivity index is 2.45. The Morgan fingerprint density at radius 3 is 1.64 bits per heavy atom. The molecular weight excluding hydrogens is 284 g/mol. The van der Waals surface area contributed by atoms with Gasteiger partial charge in [0.25, 0.3) is 0 Å². The molecule has 0 aliphatic heterocycles. The van der Waals surface area contributed by atoms with Crippen molar-refractivity contribution in [3.8, 4) is 23.0 Å². The Kier molecular flexibility index (Phi) is 4.88. The number of phenols is 2.